The molecule has 15 heavy (non-hydrogen) atoms. The monoisotopic (exact) mass is 219 g/mol. The summed E-state index contributed by atoms with van der Waals surface area (Å²) in [4.78, 5) is 20.9. The van der Waals surface area contributed by atoms with Crippen molar-refractivity contribution in [2.24, 2.45) is 5.73 Å². The van der Waals surface area contributed by atoms with E-state index in [-0.39, 0.29) is 24.8 Å². The first-order chi connectivity index (χ1) is 6.99. The number of aliphatic carboxylic acids is 2. The van der Waals surface area contributed by atoms with E-state index in [1.165, 1.54) is 6.08 Å². The fourth-order valence-corrected chi connectivity index (χ4v) is 0.924. The van der Waals surface area contributed by atoms with Crippen LogP contribution in [-0.2, 0) is 9.59 Å². The molecular weight excluding hydrogens is 205 g/mol. The Morgan fingerprint density at radius 1 is 1.40 bits per heavy atom. The normalized spacial score (nSPS) is 13.6. The predicted molar refractivity (Wildman–Crippen MR) is 51.2 cm³/mol. The zero-order valence-electron chi connectivity index (χ0n) is 8.15. The van der Waals surface area contributed by atoms with Crippen molar-refractivity contribution >= 4 is 11.9 Å². The Morgan fingerprint density at radius 2 is 2.00 bits per heavy atom. The van der Waals surface area contributed by atoms with Crippen LogP contribution in [0.1, 0.15) is 19.3 Å². The molecule has 0 amide bonds. The maximum atomic E-state index is 11.8. The molecule has 4 N–H and O–H groups in total. The van der Waals surface area contributed by atoms with Crippen molar-refractivity contribution in [1.29, 1.82) is 0 Å². The molecule has 0 heterocycles. The van der Waals surface area contributed by atoms with Crippen molar-refractivity contribution in [2.45, 2.75) is 25.3 Å². The van der Waals surface area contributed by atoms with Crippen LogP contribution in [0.3, 0.4) is 0 Å². The van der Waals surface area contributed by atoms with E-state index in [1.807, 2.05) is 0 Å². The quantitative estimate of drug-likeness (QED) is 0.543. The SMILES string of the molecule is N[C@@H](CC=C(CCCF)C(=O)O)C(=O)O. The number of carboxylic acids is 2. The van der Waals surface area contributed by atoms with Crippen LogP contribution >= 0.6 is 0 Å². The van der Waals surface area contributed by atoms with Gasteiger partial charge in [0.1, 0.15) is 6.04 Å². The molecule has 0 aliphatic rings. The van der Waals surface area contributed by atoms with Gasteiger partial charge < -0.3 is 15.9 Å². The van der Waals surface area contributed by atoms with Crippen molar-refractivity contribution < 1.29 is 24.2 Å². The molecule has 0 aliphatic carbocycles. The fraction of sp³-hybridized carbons (Fsp3) is 0.556. The van der Waals surface area contributed by atoms with Crippen LogP contribution in [0.5, 0.6) is 0 Å². The second kappa shape index (κ2) is 6.94. The number of halogens is 1. The molecule has 0 bridgehead atoms. The number of hydrogen-bond donors (Lipinski definition) is 3. The number of alkyl halides is 1. The molecule has 6 heteroatoms. The summed E-state index contributed by atoms with van der Waals surface area (Å²) in [5.74, 6) is -2.36. The molecule has 0 unspecified atom stereocenters. The third kappa shape index (κ3) is 5.79. The average molecular weight is 219 g/mol. The largest absolute Gasteiger partial charge is 0.480 e. The third-order valence-electron chi connectivity index (χ3n) is 1.79. The lowest BCUT2D eigenvalue weighted by Crippen LogP contribution is -2.29. The molecule has 0 spiro atoms. The molecule has 0 aromatic carbocycles. The molecule has 5 nitrogen and oxygen atoms in total. The van der Waals surface area contributed by atoms with Gasteiger partial charge in [0.2, 0.25) is 0 Å². The highest BCUT2D eigenvalue weighted by Gasteiger charge is 2.12. The van der Waals surface area contributed by atoms with Crippen LogP contribution in [0.4, 0.5) is 4.39 Å². The maximum Gasteiger partial charge on any atom is 0.331 e. The summed E-state index contributed by atoms with van der Waals surface area (Å²) in [7, 11) is 0. The van der Waals surface area contributed by atoms with Crippen LogP contribution in [0.2, 0.25) is 0 Å². The van der Waals surface area contributed by atoms with Gasteiger partial charge in [-0.2, -0.15) is 0 Å². The zero-order valence-corrected chi connectivity index (χ0v) is 8.15. The number of rotatable bonds is 7. The summed E-state index contributed by atoms with van der Waals surface area (Å²) < 4.78 is 11.8. The van der Waals surface area contributed by atoms with Gasteiger partial charge in [-0.1, -0.05) is 6.08 Å². The van der Waals surface area contributed by atoms with Gasteiger partial charge in [-0.3, -0.25) is 9.18 Å². The Morgan fingerprint density at radius 3 is 2.40 bits per heavy atom. The highest BCUT2D eigenvalue weighted by Crippen LogP contribution is 2.08. The first-order valence-corrected chi connectivity index (χ1v) is 4.45. The summed E-state index contributed by atoms with van der Waals surface area (Å²) >= 11 is 0. The fourth-order valence-electron chi connectivity index (χ4n) is 0.924. The molecule has 0 aromatic heterocycles. The molecule has 0 fully saturated rings. The van der Waals surface area contributed by atoms with E-state index in [0.29, 0.717) is 0 Å². The smallest absolute Gasteiger partial charge is 0.331 e. The minimum Gasteiger partial charge on any atom is -0.480 e. The van der Waals surface area contributed by atoms with E-state index in [1.54, 1.807) is 0 Å². The van der Waals surface area contributed by atoms with Gasteiger partial charge in [-0.15, -0.1) is 0 Å². The van der Waals surface area contributed by atoms with Crippen molar-refractivity contribution in [3.8, 4) is 0 Å². The van der Waals surface area contributed by atoms with Crippen LogP contribution in [0, 0.1) is 0 Å². The van der Waals surface area contributed by atoms with Crippen molar-refractivity contribution in [1.82, 2.24) is 0 Å². The van der Waals surface area contributed by atoms with Crippen LogP contribution in [0.15, 0.2) is 11.6 Å². The minimum absolute atomic E-state index is 0.00403. The van der Waals surface area contributed by atoms with Gasteiger partial charge in [0.15, 0.2) is 0 Å². The number of hydrogen-bond acceptors (Lipinski definition) is 3. The Hall–Kier alpha value is -1.43. The maximum absolute atomic E-state index is 11.8. The van der Waals surface area contributed by atoms with Crippen LogP contribution in [-0.4, -0.2) is 34.9 Å². The Balaban J connectivity index is 4.29. The van der Waals surface area contributed by atoms with Gasteiger partial charge >= 0.3 is 11.9 Å². The van der Waals surface area contributed by atoms with E-state index in [4.69, 9.17) is 15.9 Å². The number of carboxylic acid groups (broad SMARTS) is 2. The zero-order chi connectivity index (χ0) is 11.8. The lowest BCUT2D eigenvalue weighted by molar-refractivity contribution is -0.138. The molecule has 0 saturated carbocycles. The summed E-state index contributed by atoms with van der Waals surface area (Å²) in [5, 5.41) is 17.1. The van der Waals surface area contributed by atoms with Crippen molar-refractivity contribution in [3.05, 3.63) is 11.6 Å². The highest BCUT2D eigenvalue weighted by molar-refractivity contribution is 5.86. The second-order valence-electron chi connectivity index (χ2n) is 3.01. The summed E-state index contributed by atoms with van der Waals surface area (Å²) in [6, 6.07) is -1.12. The van der Waals surface area contributed by atoms with Crippen LogP contribution in [0.25, 0.3) is 0 Å². The molecule has 86 valence electrons. The van der Waals surface area contributed by atoms with Gasteiger partial charge in [0.05, 0.1) is 6.67 Å². The van der Waals surface area contributed by atoms with E-state index in [0.717, 1.165) is 0 Å². The Bertz CT molecular complexity index is 265. The first kappa shape index (κ1) is 13.6. The molecule has 0 aromatic rings. The summed E-state index contributed by atoms with van der Waals surface area (Å²) in [6.07, 6.45) is 1.36. The lowest BCUT2D eigenvalue weighted by Gasteiger charge is -2.04. The van der Waals surface area contributed by atoms with E-state index in [9.17, 15) is 14.0 Å². The van der Waals surface area contributed by atoms with Crippen molar-refractivity contribution in [2.75, 3.05) is 6.67 Å². The van der Waals surface area contributed by atoms with Gasteiger partial charge in [-0.05, 0) is 19.3 Å². The van der Waals surface area contributed by atoms with Gasteiger partial charge in [0.25, 0.3) is 0 Å². The van der Waals surface area contributed by atoms with Crippen LogP contribution < -0.4 is 5.73 Å². The molecule has 0 radical (unpaired) electrons. The lowest BCUT2D eigenvalue weighted by atomic mass is 10.1. The molecule has 0 saturated heterocycles. The molecule has 1 atom stereocenters. The molecule has 0 aliphatic heterocycles. The van der Waals surface area contributed by atoms with Crippen molar-refractivity contribution in [3.63, 3.8) is 0 Å². The van der Waals surface area contributed by atoms with Gasteiger partial charge in [-0.25, -0.2) is 4.79 Å². The Labute approximate surface area is 86.4 Å². The van der Waals surface area contributed by atoms with E-state index in [2.05, 4.69) is 0 Å². The topological polar surface area (TPSA) is 101 Å². The third-order valence-corrected chi connectivity index (χ3v) is 1.79. The standard InChI is InChI=1S/C9H14FNO4/c10-5-1-2-6(8(12)13)3-4-7(11)9(14)15/h3,7H,1-2,4-5,11H2,(H,12,13)(H,14,15)/t7-/m0/s1. The Kier molecular flexibility index (Phi) is 6.28. The predicted octanol–water partition coefficient (Wildman–Crippen LogP) is 0.549. The average Bonchev–Trinajstić information content (AvgIpc) is 2.16. The minimum atomic E-state index is -1.19. The first-order valence-electron chi connectivity index (χ1n) is 4.45. The summed E-state index contributed by atoms with van der Waals surface area (Å²) in [5.41, 5.74) is 5.19. The number of nitrogens with two attached hydrogens (primary N) is 1. The van der Waals surface area contributed by atoms with E-state index >= 15 is 0 Å². The summed E-state index contributed by atoms with van der Waals surface area (Å²) in [6.45, 7) is -0.602. The van der Waals surface area contributed by atoms with Gasteiger partial charge in [0, 0.05) is 5.57 Å². The molecular formula is C9H14FNO4. The highest BCUT2D eigenvalue weighted by atomic mass is 19.1. The molecule has 0 rings (SSSR count). The second-order valence-corrected chi connectivity index (χ2v) is 3.01. The number of carbonyl (C=O) groups is 2. The van der Waals surface area contributed by atoms with E-state index < -0.39 is 24.7 Å².